The Hall–Kier alpha value is -0.860. The van der Waals surface area contributed by atoms with Crippen LogP contribution >= 0.6 is 0 Å². The van der Waals surface area contributed by atoms with E-state index in [1.165, 1.54) is 11.1 Å². The second kappa shape index (κ2) is 3.33. The van der Waals surface area contributed by atoms with Crippen molar-refractivity contribution in [2.75, 3.05) is 6.54 Å². The molecule has 1 N–H and O–H groups in total. The van der Waals surface area contributed by atoms with Gasteiger partial charge in [0, 0.05) is 12.6 Å². The molecular formula is C15H21NO. The highest BCUT2D eigenvalue weighted by atomic mass is 16.5. The molecule has 0 saturated carbocycles. The molecule has 0 spiro atoms. The summed E-state index contributed by atoms with van der Waals surface area (Å²) in [6, 6.07) is 8.98. The van der Waals surface area contributed by atoms with Crippen molar-refractivity contribution in [1.82, 2.24) is 5.06 Å². The van der Waals surface area contributed by atoms with Crippen LogP contribution in [0.4, 0.5) is 0 Å². The van der Waals surface area contributed by atoms with Crippen LogP contribution in [0, 0.1) is 5.41 Å². The Labute approximate surface area is 103 Å². The van der Waals surface area contributed by atoms with Gasteiger partial charge in [-0.25, -0.2) is 0 Å². The molecule has 2 aliphatic rings. The second-order valence-corrected chi connectivity index (χ2v) is 6.33. The van der Waals surface area contributed by atoms with Crippen molar-refractivity contribution in [2.45, 2.75) is 45.1 Å². The summed E-state index contributed by atoms with van der Waals surface area (Å²) in [6.07, 6.45) is 2.06. The molecule has 1 aliphatic carbocycles. The number of benzene rings is 1. The maximum Gasteiger partial charge on any atom is 0.0453 e. The Morgan fingerprint density at radius 1 is 1.24 bits per heavy atom. The van der Waals surface area contributed by atoms with Gasteiger partial charge in [0.05, 0.1) is 0 Å². The van der Waals surface area contributed by atoms with Gasteiger partial charge in [-0.2, -0.15) is 5.06 Å². The molecule has 1 saturated heterocycles. The number of hydrogen-bond acceptors (Lipinski definition) is 2. The highest BCUT2D eigenvalue weighted by molar-refractivity contribution is 5.40. The molecule has 2 atom stereocenters. The monoisotopic (exact) mass is 231 g/mol. The molecule has 1 aliphatic heterocycles. The summed E-state index contributed by atoms with van der Waals surface area (Å²) in [4.78, 5) is 0. The van der Waals surface area contributed by atoms with E-state index >= 15 is 0 Å². The molecule has 0 bridgehead atoms. The van der Waals surface area contributed by atoms with Crippen LogP contribution in [0.1, 0.15) is 38.3 Å². The van der Waals surface area contributed by atoms with Gasteiger partial charge in [0.2, 0.25) is 0 Å². The Morgan fingerprint density at radius 3 is 2.71 bits per heavy atom. The fourth-order valence-corrected chi connectivity index (χ4v) is 3.88. The second-order valence-electron chi connectivity index (χ2n) is 6.33. The lowest BCUT2D eigenvalue weighted by atomic mass is 9.54. The van der Waals surface area contributed by atoms with E-state index in [4.69, 9.17) is 0 Å². The summed E-state index contributed by atoms with van der Waals surface area (Å²) in [5.74, 6) is 0. The Morgan fingerprint density at radius 2 is 1.94 bits per heavy atom. The topological polar surface area (TPSA) is 23.5 Å². The standard InChI is InChI=1S/C15H21NO/c1-14(2)12-7-5-4-6-11(12)10-13-15(14,3)8-9-16(13)17/h4-7,13,17H,8-10H2,1-3H3/t13-,15+/m1/s1. The summed E-state index contributed by atoms with van der Waals surface area (Å²) in [5.41, 5.74) is 3.18. The van der Waals surface area contributed by atoms with Crippen LogP contribution in [-0.2, 0) is 11.8 Å². The fourth-order valence-electron chi connectivity index (χ4n) is 3.88. The molecule has 1 aromatic carbocycles. The molecule has 3 rings (SSSR count). The molecule has 92 valence electrons. The van der Waals surface area contributed by atoms with E-state index in [1.54, 1.807) is 5.06 Å². The van der Waals surface area contributed by atoms with Gasteiger partial charge in [0.25, 0.3) is 0 Å². The third kappa shape index (κ3) is 1.28. The first-order valence-electron chi connectivity index (χ1n) is 6.51. The van der Waals surface area contributed by atoms with Crippen LogP contribution in [0.15, 0.2) is 24.3 Å². The van der Waals surface area contributed by atoms with Crippen LogP contribution in [0.25, 0.3) is 0 Å². The summed E-state index contributed by atoms with van der Waals surface area (Å²) < 4.78 is 0. The quantitative estimate of drug-likeness (QED) is 0.742. The van der Waals surface area contributed by atoms with E-state index in [2.05, 4.69) is 45.0 Å². The van der Waals surface area contributed by atoms with Crippen molar-refractivity contribution < 1.29 is 5.21 Å². The first-order valence-corrected chi connectivity index (χ1v) is 6.51. The highest BCUT2D eigenvalue weighted by Gasteiger charge is 2.56. The summed E-state index contributed by atoms with van der Waals surface area (Å²) in [6.45, 7) is 7.80. The van der Waals surface area contributed by atoms with E-state index in [-0.39, 0.29) is 16.9 Å². The SMILES string of the molecule is CC1(C)c2ccccc2C[C@H]2N(O)CC[C@@]21C. The Balaban J connectivity index is 2.18. The zero-order valence-electron chi connectivity index (χ0n) is 10.9. The number of nitrogens with zero attached hydrogens (tertiary/aromatic N) is 1. The molecule has 0 amide bonds. The maximum atomic E-state index is 10.1. The number of hydroxylamine groups is 2. The molecule has 2 nitrogen and oxygen atoms in total. The third-order valence-electron chi connectivity index (χ3n) is 5.49. The van der Waals surface area contributed by atoms with Crippen molar-refractivity contribution in [3.8, 4) is 0 Å². The Bertz CT molecular complexity index is 454. The first kappa shape index (κ1) is 11.2. The van der Waals surface area contributed by atoms with E-state index in [9.17, 15) is 5.21 Å². The van der Waals surface area contributed by atoms with Gasteiger partial charge in [-0.3, -0.25) is 0 Å². The van der Waals surface area contributed by atoms with Gasteiger partial charge in [0.15, 0.2) is 0 Å². The molecule has 1 aromatic rings. The molecule has 0 unspecified atom stereocenters. The average Bonchev–Trinajstić information content (AvgIpc) is 2.59. The molecule has 0 radical (unpaired) electrons. The molecule has 2 heteroatoms. The molecule has 1 heterocycles. The molecule has 0 aromatic heterocycles. The summed E-state index contributed by atoms with van der Waals surface area (Å²) in [5, 5.41) is 11.6. The van der Waals surface area contributed by atoms with Crippen LogP contribution in [-0.4, -0.2) is 22.9 Å². The van der Waals surface area contributed by atoms with Gasteiger partial charge < -0.3 is 5.21 Å². The highest BCUT2D eigenvalue weighted by Crippen LogP contribution is 2.55. The van der Waals surface area contributed by atoms with E-state index in [1.807, 2.05) is 0 Å². The molecule has 17 heavy (non-hydrogen) atoms. The van der Waals surface area contributed by atoms with E-state index < -0.39 is 0 Å². The van der Waals surface area contributed by atoms with Crippen molar-refractivity contribution >= 4 is 0 Å². The minimum absolute atomic E-state index is 0.129. The summed E-state index contributed by atoms with van der Waals surface area (Å²) >= 11 is 0. The van der Waals surface area contributed by atoms with Gasteiger partial charge in [-0.1, -0.05) is 45.0 Å². The smallest absolute Gasteiger partial charge is 0.0453 e. The van der Waals surface area contributed by atoms with Gasteiger partial charge in [-0.15, -0.1) is 0 Å². The van der Waals surface area contributed by atoms with E-state index in [0.717, 1.165) is 19.4 Å². The Kier molecular flexibility index (Phi) is 2.20. The molecule has 1 fully saturated rings. The van der Waals surface area contributed by atoms with Crippen LogP contribution < -0.4 is 0 Å². The number of fused-ring (bicyclic) bond motifs is 2. The largest absolute Gasteiger partial charge is 0.314 e. The van der Waals surface area contributed by atoms with Crippen LogP contribution in [0.5, 0.6) is 0 Å². The first-order chi connectivity index (χ1) is 7.97. The average molecular weight is 231 g/mol. The van der Waals surface area contributed by atoms with Crippen molar-refractivity contribution in [2.24, 2.45) is 5.41 Å². The zero-order chi connectivity index (χ0) is 12.3. The fraction of sp³-hybridized carbons (Fsp3) is 0.600. The summed E-state index contributed by atoms with van der Waals surface area (Å²) in [7, 11) is 0. The van der Waals surface area contributed by atoms with Gasteiger partial charge in [-0.05, 0) is 34.8 Å². The lowest BCUT2D eigenvalue weighted by Crippen LogP contribution is -2.52. The predicted octanol–water partition coefficient (Wildman–Crippen LogP) is 2.99. The van der Waals surface area contributed by atoms with Crippen LogP contribution in [0.2, 0.25) is 0 Å². The van der Waals surface area contributed by atoms with Crippen molar-refractivity contribution in [1.29, 1.82) is 0 Å². The lowest BCUT2D eigenvalue weighted by Gasteiger charge is -2.51. The van der Waals surface area contributed by atoms with Gasteiger partial charge >= 0.3 is 0 Å². The van der Waals surface area contributed by atoms with Crippen molar-refractivity contribution in [3.63, 3.8) is 0 Å². The predicted molar refractivity (Wildman–Crippen MR) is 68.2 cm³/mol. The number of rotatable bonds is 0. The van der Waals surface area contributed by atoms with Crippen molar-refractivity contribution in [3.05, 3.63) is 35.4 Å². The normalized spacial score (nSPS) is 35.4. The third-order valence-corrected chi connectivity index (χ3v) is 5.49. The molecular weight excluding hydrogens is 210 g/mol. The zero-order valence-corrected chi connectivity index (χ0v) is 10.9. The minimum Gasteiger partial charge on any atom is -0.314 e. The maximum absolute atomic E-state index is 10.1. The lowest BCUT2D eigenvalue weighted by molar-refractivity contribution is -0.127. The number of hydrogen-bond donors (Lipinski definition) is 1. The van der Waals surface area contributed by atoms with E-state index in [0.29, 0.717) is 0 Å². The van der Waals surface area contributed by atoms with Gasteiger partial charge in [0.1, 0.15) is 0 Å². The minimum atomic E-state index is 0.129. The van der Waals surface area contributed by atoms with Crippen LogP contribution in [0.3, 0.4) is 0 Å².